The molecule has 2 aromatic carbocycles. The van der Waals surface area contributed by atoms with Crippen molar-refractivity contribution in [3.63, 3.8) is 0 Å². The van der Waals surface area contributed by atoms with Crippen LogP contribution in [0.2, 0.25) is 0 Å². The van der Waals surface area contributed by atoms with Crippen molar-refractivity contribution in [2.75, 3.05) is 5.32 Å². The van der Waals surface area contributed by atoms with E-state index in [-0.39, 0.29) is 11.7 Å². The SMILES string of the molecule is Cn1cc(C(=O)Nc2ccccc2)c2cc(F)ccc21. The number of halogens is 1. The van der Waals surface area contributed by atoms with Crippen molar-refractivity contribution in [3.8, 4) is 0 Å². The lowest BCUT2D eigenvalue weighted by atomic mass is 10.1. The molecule has 0 fully saturated rings. The first-order valence-electron chi connectivity index (χ1n) is 6.26. The van der Waals surface area contributed by atoms with E-state index in [9.17, 15) is 9.18 Å². The minimum absolute atomic E-state index is 0.243. The highest BCUT2D eigenvalue weighted by molar-refractivity contribution is 6.12. The lowest BCUT2D eigenvalue weighted by Gasteiger charge is -2.03. The Bertz CT molecular complexity index is 778. The maximum Gasteiger partial charge on any atom is 0.257 e. The average Bonchev–Trinajstić information content (AvgIpc) is 2.77. The summed E-state index contributed by atoms with van der Waals surface area (Å²) < 4.78 is 15.2. The molecular weight excluding hydrogens is 255 g/mol. The van der Waals surface area contributed by atoms with Gasteiger partial charge in [-0.05, 0) is 30.3 Å². The predicted octanol–water partition coefficient (Wildman–Crippen LogP) is 3.57. The van der Waals surface area contributed by atoms with E-state index >= 15 is 0 Å². The molecule has 0 aliphatic carbocycles. The second kappa shape index (κ2) is 4.81. The topological polar surface area (TPSA) is 34.0 Å². The fourth-order valence-electron chi connectivity index (χ4n) is 2.27. The molecule has 0 bridgehead atoms. The highest BCUT2D eigenvalue weighted by atomic mass is 19.1. The van der Waals surface area contributed by atoms with Crippen LogP contribution < -0.4 is 5.32 Å². The van der Waals surface area contributed by atoms with Crippen molar-refractivity contribution in [2.24, 2.45) is 7.05 Å². The minimum Gasteiger partial charge on any atom is -0.350 e. The van der Waals surface area contributed by atoms with Crippen molar-refractivity contribution < 1.29 is 9.18 Å². The maximum atomic E-state index is 13.4. The summed E-state index contributed by atoms with van der Waals surface area (Å²) in [5.41, 5.74) is 2.00. The summed E-state index contributed by atoms with van der Waals surface area (Å²) in [5.74, 6) is -0.593. The normalized spacial score (nSPS) is 10.7. The number of rotatable bonds is 2. The number of benzene rings is 2. The lowest BCUT2D eigenvalue weighted by molar-refractivity contribution is 0.102. The highest BCUT2D eigenvalue weighted by Crippen LogP contribution is 2.22. The van der Waals surface area contributed by atoms with E-state index in [1.807, 2.05) is 41.9 Å². The van der Waals surface area contributed by atoms with Gasteiger partial charge in [0.1, 0.15) is 5.82 Å². The van der Waals surface area contributed by atoms with E-state index in [2.05, 4.69) is 5.32 Å². The van der Waals surface area contributed by atoms with Crippen LogP contribution in [0.5, 0.6) is 0 Å². The molecule has 0 aliphatic rings. The standard InChI is InChI=1S/C16H13FN2O/c1-19-10-14(13-9-11(17)7-8-15(13)19)16(20)18-12-5-3-2-4-6-12/h2-10H,1H3,(H,18,20). The van der Waals surface area contributed by atoms with E-state index in [0.717, 1.165) is 5.52 Å². The fraction of sp³-hybridized carbons (Fsp3) is 0.0625. The van der Waals surface area contributed by atoms with Crippen LogP contribution >= 0.6 is 0 Å². The van der Waals surface area contributed by atoms with Gasteiger partial charge in [-0.25, -0.2) is 4.39 Å². The van der Waals surface area contributed by atoms with Gasteiger partial charge in [-0.15, -0.1) is 0 Å². The van der Waals surface area contributed by atoms with Crippen LogP contribution in [0.1, 0.15) is 10.4 Å². The molecule has 1 aromatic heterocycles. The Balaban J connectivity index is 2.01. The molecule has 1 heterocycles. The minimum atomic E-state index is -0.350. The van der Waals surface area contributed by atoms with Gasteiger partial charge in [0.25, 0.3) is 5.91 Å². The number of aryl methyl sites for hydroxylation is 1. The Kier molecular flexibility index (Phi) is 2.99. The number of nitrogens with one attached hydrogen (secondary N) is 1. The molecule has 1 N–H and O–H groups in total. The summed E-state index contributed by atoms with van der Waals surface area (Å²) in [5, 5.41) is 3.42. The van der Waals surface area contributed by atoms with Gasteiger partial charge in [0.05, 0.1) is 5.56 Å². The van der Waals surface area contributed by atoms with E-state index in [1.165, 1.54) is 12.1 Å². The molecule has 0 saturated carbocycles. The van der Waals surface area contributed by atoms with Crippen LogP contribution in [-0.4, -0.2) is 10.5 Å². The zero-order chi connectivity index (χ0) is 14.1. The molecule has 4 heteroatoms. The van der Waals surface area contributed by atoms with E-state index in [0.29, 0.717) is 16.6 Å². The Morgan fingerprint density at radius 1 is 1.15 bits per heavy atom. The number of anilines is 1. The number of nitrogens with zero attached hydrogens (tertiary/aromatic N) is 1. The number of carbonyl (C=O) groups excluding carboxylic acids is 1. The fourth-order valence-corrected chi connectivity index (χ4v) is 2.27. The van der Waals surface area contributed by atoms with E-state index < -0.39 is 0 Å². The summed E-state index contributed by atoms with van der Waals surface area (Å²) in [4.78, 5) is 12.3. The molecule has 0 aliphatic heterocycles. The number of aromatic nitrogens is 1. The molecule has 0 unspecified atom stereocenters. The third-order valence-corrected chi connectivity index (χ3v) is 3.23. The second-order valence-corrected chi connectivity index (χ2v) is 4.64. The first-order valence-corrected chi connectivity index (χ1v) is 6.26. The quantitative estimate of drug-likeness (QED) is 0.757. The van der Waals surface area contributed by atoms with Crippen molar-refractivity contribution in [3.05, 3.63) is 66.1 Å². The van der Waals surface area contributed by atoms with Gasteiger partial charge < -0.3 is 9.88 Å². The van der Waals surface area contributed by atoms with Crippen molar-refractivity contribution in [2.45, 2.75) is 0 Å². The van der Waals surface area contributed by atoms with Crippen molar-refractivity contribution in [1.82, 2.24) is 4.57 Å². The largest absolute Gasteiger partial charge is 0.350 e. The third-order valence-electron chi connectivity index (χ3n) is 3.23. The summed E-state index contributed by atoms with van der Waals surface area (Å²) in [6, 6.07) is 13.6. The average molecular weight is 268 g/mol. The molecule has 3 nitrogen and oxygen atoms in total. The first kappa shape index (κ1) is 12.4. The number of carbonyl (C=O) groups is 1. The summed E-state index contributed by atoms with van der Waals surface area (Å²) in [7, 11) is 1.83. The van der Waals surface area contributed by atoms with E-state index in [4.69, 9.17) is 0 Å². The molecule has 3 aromatic rings. The van der Waals surface area contributed by atoms with Crippen LogP contribution in [0.4, 0.5) is 10.1 Å². The zero-order valence-electron chi connectivity index (χ0n) is 10.9. The van der Waals surface area contributed by atoms with Gasteiger partial charge in [0.15, 0.2) is 0 Å². The second-order valence-electron chi connectivity index (χ2n) is 4.64. The number of hydrogen-bond donors (Lipinski definition) is 1. The predicted molar refractivity (Wildman–Crippen MR) is 77.3 cm³/mol. The Hall–Kier alpha value is -2.62. The molecule has 0 saturated heterocycles. The molecular formula is C16H13FN2O. The maximum absolute atomic E-state index is 13.4. The van der Waals surface area contributed by atoms with Crippen LogP contribution in [0.15, 0.2) is 54.7 Å². The van der Waals surface area contributed by atoms with E-state index in [1.54, 1.807) is 12.3 Å². The smallest absolute Gasteiger partial charge is 0.257 e. The van der Waals surface area contributed by atoms with Crippen molar-refractivity contribution in [1.29, 1.82) is 0 Å². The summed E-state index contributed by atoms with van der Waals surface area (Å²) in [6.45, 7) is 0. The van der Waals surface area contributed by atoms with Crippen LogP contribution in [0, 0.1) is 5.82 Å². The van der Waals surface area contributed by atoms with Gasteiger partial charge in [0.2, 0.25) is 0 Å². The number of amides is 1. The number of fused-ring (bicyclic) bond motifs is 1. The Morgan fingerprint density at radius 3 is 2.65 bits per heavy atom. The molecule has 0 radical (unpaired) electrons. The molecule has 0 atom stereocenters. The lowest BCUT2D eigenvalue weighted by Crippen LogP contribution is -2.11. The molecule has 1 amide bonds. The Morgan fingerprint density at radius 2 is 1.90 bits per heavy atom. The number of hydrogen-bond acceptors (Lipinski definition) is 1. The van der Waals surface area contributed by atoms with Gasteiger partial charge in [-0.2, -0.15) is 0 Å². The Labute approximate surface area is 115 Å². The molecule has 3 rings (SSSR count). The van der Waals surface area contributed by atoms with Crippen LogP contribution in [0.3, 0.4) is 0 Å². The van der Waals surface area contributed by atoms with Gasteiger partial charge in [-0.3, -0.25) is 4.79 Å². The van der Waals surface area contributed by atoms with Gasteiger partial charge in [0, 0.05) is 29.8 Å². The number of para-hydroxylation sites is 1. The first-order chi connectivity index (χ1) is 9.65. The summed E-state index contributed by atoms with van der Waals surface area (Å²) >= 11 is 0. The van der Waals surface area contributed by atoms with Crippen LogP contribution in [-0.2, 0) is 7.05 Å². The molecule has 0 spiro atoms. The van der Waals surface area contributed by atoms with Gasteiger partial charge in [-0.1, -0.05) is 18.2 Å². The van der Waals surface area contributed by atoms with Crippen molar-refractivity contribution >= 4 is 22.5 Å². The van der Waals surface area contributed by atoms with Gasteiger partial charge >= 0.3 is 0 Å². The third kappa shape index (κ3) is 2.16. The summed E-state index contributed by atoms with van der Waals surface area (Å²) in [6.07, 6.45) is 1.71. The highest BCUT2D eigenvalue weighted by Gasteiger charge is 2.14. The van der Waals surface area contributed by atoms with Crippen LogP contribution in [0.25, 0.3) is 10.9 Å². The molecule has 100 valence electrons. The zero-order valence-corrected chi connectivity index (χ0v) is 10.9. The monoisotopic (exact) mass is 268 g/mol. The molecule has 20 heavy (non-hydrogen) atoms.